The van der Waals surface area contributed by atoms with Gasteiger partial charge in [-0.1, -0.05) is 46.3 Å². The molecule has 0 fully saturated rings. The Bertz CT molecular complexity index is 1020. The third kappa shape index (κ3) is 4.41. The van der Waals surface area contributed by atoms with E-state index < -0.39 is 0 Å². The number of allylic oxidation sites excluding steroid dienone is 2. The fourth-order valence-electron chi connectivity index (χ4n) is 2.55. The molecule has 0 radical (unpaired) electrons. The second-order valence-corrected chi connectivity index (χ2v) is 6.87. The van der Waals surface area contributed by atoms with Gasteiger partial charge in [-0.15, -0.1) is 0 Å². The number of aromatic nitrogens is 2. The van der Waals surface area contributed by atoms with E-state index in [1.165, 1.54) is 20.1 Å². The lowest BCUT2D eigenvalue weighted by atomic mass is 10.1. The molecule has 0 spiro atoms. The maximum Gasteiger partial charge on any atom is 0.164 e. The van der Waals surface area contributed by atoms with Crippen LogP contribution >= 0.6 is 15.9 Å². The molecule has 0 aliphatic carbocycles. The van der Waals surface area contributed by atoms with Crippen molar-refractivity contribution in [2.45, 2.75) is 13.8 Å². The average molecular weight is 424 g/mol. The second-order valence-electron chi connectivity index (χ2n) is 5.96. The molecule has 27 heavy (non-hydrogen) atoms. The first-order valence-corrected chi connectivity index (χ1v) is 9.11. The van der Waals surface area contributed by atoms with Crippen LogP contribution in [0.25, 0.3) is 16.9 Å². The molecule has 0 aliphatic rings. The Morgan fingerprint density at radius 2 is 1.78 bits per heavy atom. The summed E-state index contributed by atoms with van der Waals surface area (Å²) in [5, 5.41) is 14.4. The van der Waals surface area contributed by atoms with Gasteiger partial charge in [0, 0.05) is 22.3 Å². The standard InChI is InChI=1S/C21H18BrN3O2/c1-14(26)19(15(2)27)13-23-21-12-20(16-8-10-17(22)11-9-16)24-25(21)18-6-4-3-5-7-18/h3-13,26H,1-2H3. The van der Waals surface area contributed by atoms with Crippen molar-refractivity contribution < 1.29 is 9.90 Å². The maximum absolute atomic E-state index is 11.7. The van der Waals surface area contributed by atoms with Gasteiger partial charge in [-0.3, -0.25) is 4.79 Å². The van der Waals surface area contributed by atoms with Gasteiger partial charge in [0.05, 0.1) is 17.0 Å². The van der Waals surface area contributed by atoms with Crippen LogP contribution in [0.3, 0.4) is 0 Å². The Labute approximate surface area is 165 Å². The normalized spacial score (nSPS) is 12.3. The monoisotopic (exact) mass is 423 g/mol. The predicted molar refractivity (Wildman–Crippen MR) is 111 cm³/mol. The summed E-state index contributed by atoms with van der Waals surface area (Å²) in [4.78, 5) is 16.1. The summed E-state index contributed by atoms with van der Waals surface area (Å²) in [5.41, 5.74) is 2.72. The predicted octanol–water partition coefficient (Wildman–Crippen LogP) is 5.43. The van der Waals surface area contributed by atoms with Crippen LogP contribution < -0.4 is 0 Å². The van der Waals surface area contributed by atoms with Crippen LogP contribution in [0.4, 0.5) is 5.82 Å². The Balaban J connectivity index is 2.10. The van der Waals surface area contributed by atoms with Crippen molar-refractivity contribution in [3.63, 3.8) is 0 Å². The third-order valence-electron chi connectivity index (χ3n) is 3.93. The molecule has 0 unspecified atom stereocenters. The molecule has 1 aromatic heterocycles. The van der Waals surface area contributed by atoms with Gasteiger partial charge in [0.15, 0.2) is 11.6 Å². The third-order valence-corrected chi connectivity index (χ3v) is 4.45. The van der Waals surface area contributed by atoms with Crippen molar-refractivity contribution in [2.24, 2.45) is 4.99 Å². The van der Waals surface area contributed by atoms with Crippen LogP contribution in [0.15, 0.2) is 81.5 Å². The molecular weight excluding hydrogens is 406 g/mol. The van der Waals surface area contributed by atoms with Crippen LogP contribution in [-0.4, -0.2) is 26.9 Å². The molecule has 3 aromatic rings. The van der Waals surface area contributed by atoms with Gasteiger partial charge in [-0.25, -0.2) is 9.67 Å². The van der Waals surface area contributed by atoms with Gasteiger partial charge in [0.25, 0.3) is 0 Å². The number of carbonyl (C=O) groups excluding carboxylic acids is 1. The number of benzene rings is 2. The van der Waals surface area contributed by atoms with E-state index in [0.717, 1.165) is 21.4 Å². The van der Waals surface area contributed by atoms with E-state index in [0.29, 0.717) is 5.82 Å². The Morgan fingerprint density at radius 1 is 1.11 bits per heavy atom. The van der Waals surface area contributed by atoms with E-state index in [1.807, 2.05) is 60.7 Å². The summed E-state index contributed by atoms with van der Waals surface area (Å²) in [6, 6.07) is 19.3. The first-order chi connectivity index (χ1) is 13.0. The van der Waals surface area contributed by atoms with Crippen molar-refractivity contribution >= 4 is 33.7 Å². The van der Waals surface area contributed by atoms with E-state index in [1.54, 1.807) is 4.68 Å². The van der Waals surface area contributed by atoms with E-state index in [4.69, 9.17) is 0 Å². The molecule has 136 valence electrons. The maximum atomic E-state index is 11.7. The van der Waals surface area contributed by atoms with Gasteiger partial charge in [-0.05, 0) is 38.1 Å². The average Bonchev–Trinajstić information content (AvgIpc) is 3.07. The van der Waals surface area contributed by atoms with Gasteiger partial charge < -0.3 is 5.11 Å². The van der Waals surface area contributed by atoms with Crippen LogP contribution in [0.2, 0.25) is 0 Å². The molecule has 0 amide bonds. The zero-order chi connectivity index (χ0) is 19.4. The first-order valence-electron chi connectivity index (χ1n) is 8.32. The van der Waals surface area contributed by atoms with Crippen molar-refractivity contribution in [3.05, 3.63) is 76.5 Å². The number of hydrogen-bond donors (Lipinski definition) is 1. The molecule has 0 bridgehead atoms. The lowest BCUT2D eigenvalue weighted by Crippen LogP contribution is -2.02. The molecule has 0 aliphatic heterocycles. The topological polar surface area (TPSA) is 67.5 Å². The lowest BCUT2D eigenvalue weighted by Gasteiger charge is -2.04. The zero-order valence-corrected chi connectivity index (χ0v) is 16.5. The minimum Gasteiger partial charge on any atom is -0.512 e. The highest BCUT2D eigenvalue weighted by molar-refractivity contribution is 9.10. The Kier molecular flexibility index (Phi) is 5.66. The smallest absolute Gasteiger partial charge is 0.164 e. The molecule has 0 saturated carbocycles. The summed E-state index contributed by atoms with van der Waals surface area (Å²) in [6.07, 6.45) is 1.37. The number of aliphatic hydroxyl groups is 1. The summed E-state index contributed by atoms with van der Waals surface area (Å²) in [5.74, 6) is 0.238. The molecule has 5 nitrogen and oxygen atoms in total. The van der Waals surface area contributed by atoms with Gasteiger partial charge >= 0.3 is 0 Å². The number of aliphatic imine (C=N–C) groups is 1. The number of Topliss-reactive ketones (excluding diaryl/α,β-unsaturated/α-hetero) is 1. The molecule has 1 N–H and O–H groups in total. The molecule has 1 heterocycles. The molecule has 0 atom stereocenters. The quantitative estimate of drug-likeness (QED) is 0.338. The van der Waals surface area contributed by atoms with Crippen LogP contribution in [0, 0.1) is 0 Å². The Morgan fingerprint density at radius 3 is 2.37 bits per heavy atom. The van der Waals surface area contributed by atoms with E-state index in [9.17, 15) is 9.90 Å². The van der Waals surface area contributed by atoms with E-state index in [-0.39, 0.29) is 17.1 Å². The SMILES string of the molecule is CC(=O)C(C=Nc1cc(-c2ccc(Br)cc2)nn1-c1ccccc1)=C(C)O. The molecule has 2 aromatic carbocycles. The van der Waals surface area contributed by atoms with Crippen molar-refractivity contribution in [2.75, 3.05) is 0 Å². The van der Waals surface area contributed by atoms with Crippen molar-refractivity contribution in [1.82, 2.24) is 9.78 Å². The molecule has 6 heteroatoms. The highest BCUT2D eigenvalue weighted by atomic mass is 79.9. The van der Waals surface area contributed by atoms with Crippen LogP contribution in [0.5, 0.6) is 0 Å². The summed E-state index contributed by atoms with van der Waals surface area (Å²) in [7, 11) is 0. The van der Waals surface area contributed by atoms with Gasteiger partial charge in [0.1, 0.15) is 5.76 Å². The highest BCUT2D eigenvalue weighted by Gasteiger charge is 2.12. The van der Waals surface area contributed by atoms with Crippen molar-refractivity contribution in [3.8, 4) is 16.9 Å². The largest absolute Gasteiger partial charge is 0.512 e. The minimum atomic E-state index is -0.252. The fraction of sp³-hybridized carbons (Fsp3) is 0.0952. The second kappa shape index (κ2) is 8.14. The molecule has 3 rings (SSSR count). The number of rotatable bonds is 5. The van der Waals surface area contributed by atoms with Crippen LogP contribution in [-0.2, 0) is 4.79 Å². The van der Waals surface area contributed by atoms with Crippen molar-refractivity contribution in [1.29, 1.82) is 0 Å². The fourth-order valence-corrected chi connectivity index (χ4v) is 2.82. The van der Waals surface area contributed by atoms with Crippen LogP contribution in [0.1, 0.15) is 13.8 Å². The summed E-state index contributed by atoms with van der Waals surface area (Å²) < 4.78 is 2.69. The van der Waals surface area contributed by atoms with E-state index in [2.05, 4.69) is 26.0 Å². The number of nitrogens with zero attached hydrogens (tertiary/aromatic N) is 3. The zero-order valence-electron chi connectivity index (χ0n) is 14.9. The number of halogens is 1. The van der Waals surface area contributed by atoms with Gasteiger partial charge in [-0.2, -0.15) is 5.10 Å². The highest BCUT2D eigenvalue weighted by Crippen LogP contribution is 2.27. The summed E-state index contributed by atoms with van der Waals surface area (Å²) in [6.45, 7) is 2.85. The number of carbonyl (C=O) groups is 1. The minimum absolute atomic E-state index is 0.0647. The lowest BCUT2D eigenvalue weighted by molar-refractivity contribution is -0.113. The first kappa shape index (κ1) is 18.8. The number of aliphatic hydroxyl groups excluding tert-OH is 1. The number of ketones is 1. The Hall–Kier alpha value is -2.99. The molecule has 0 saturated heterocycles. The summed E-state index contributed by atoms with van der Waals surface area (Å²) >= 11 is 3.43. The number of hydrogen-bond acceptors (Lipinski definition) is 4. The number of para-hydroxylation sites is 1. The molecular formula is C21H18BrN3O2. The van der Waals surface area contributed by atoms with E-state index >= 15 is 0 Å². The van der Waals surface area contributed by atoms with Gasteiger partial charge in [0.2, 0.25) is 0 Å².